The van der Waals surface area contributed by atoms with Crippen molar-refractivity contribution >= 4 is 21.6 Å². The average Bonchev–Trinajstić information content (AvgIpc) is 2.72. The van der Waals surface area contributed by atoms with Crippen molar-refractivity contribution in [2.45, 2.75) is 32.2 Å². The fourth-order valence-corrected chi connectivity index (χ4v) is 4.60. The van der Waals surface area contributed by atoms with Crippen LogP contribution in [-0.2, 0) is 21.4 Å². The highest BCUT2D eigenvalue weighted by molar-refractivity contribution is 7.92. The second-order valence-corrected chi connectivity index (χ2v) is 9.11. The van der Waals surface area contributed by atoms with Gasteiger partial charge in [0, 0.05) is 18.9 Å². The summed E-state index contributed by atoms with van der Waals surface area (Å²) < 4.78 is 28.0. The van der Waals surface area contributed by atoms with Crippen LogP contribution in [0.2, 0.25) is 0 Å². The zero-order valence-corrected chi connectivity index (χ0v) is 18.1. The predicted molar refractivity (Wildman–Crippen MR) is 118 cm³/mol. The smallest absolute Gasteiger partial charge is 0.264 e. The van der Waals surface area contributed by atoms with E-state index in [-0.39, 0.29) is 17.3 Å². The van der Waals surface area contributed by atoms with Crippen LogP contribution < -0.4 is 9.62 Å². The third-order valence-electron chi connectivity index (χ3n) is 4.76. The third-order valence-corrected chi connectivity index (χ3v) is 6.53. The number of sulfonamides is 1. The highest BCUT2D eigenvalue weighted by Crippen LogP contribution is 2.27. The van der Waals surface area contributed by atoms with Gasteiger partial charge in [-0.05, 0) is 62.2 Å². The molecular weight excluding hydrogens is 398 g/mol. The number of hydrogen-bond acceptors (Lipinski definition) is 4. The van der Waals surface area contributed by atoms with E-state index < -0.39 is 10.0 Å². The fraction of sp³-hybridized carbons (Fsp3) is 0.217. The molecule has 1 N–H and O–H groups in total. The van der Waals surface area contributed by atoms with Crippen LogP contribution in [0.25, 0.3) is 0 Å². The second-order valence-electron chi connectivity index (χ2n) is 7.25. The number of carbonyl (C=O) groups is 1. The van der Waals surface area contributed by atoms with Gasteiger partial charge in [0.1, 0.15) is 6.54 Å². The molecule has 0 aliphatic rings. The molecule has 3 rings (SSSR count). The Kier molecular flexibility index (Phi) is 6.52. The van der Waals surface area contributed by atoms with Crippen LogP contribution in [0.5, 0.6) is 0 Å². The average molecular weight is 424 g/mol. The largest absolute Gasteiger partial charge is 0.350 e. The molecule has 30 heavy (non-hydrogen) atoms. The molecule has 0 fully saturated rings. The number of nitrogens with zero attached hydrogens (tertiary/aromatic N) is 2. The Balaban J connectivity index is 1.91. The Morgan fingerprint density at radius 2 is 1.57 bits per heavy atom. The van der Waals surface area contributed by atoms with Crippen molar-refractivity contribution in [1.29, 1.82) is 0 Å². The molecule has 0 aliphatic heterocycles. The molecule has 1 heterocycles. The summed E-state index contributed by atoms with van der Waals surface area (Å²) in [7, 11) is -3.92. The molecule has 0 radical (unpaired) electrons. The fourth-order valence-electron chi connectivity index (χ4n) is 3.11. The number of hydrogen-bond donors (Lipinski definition) is 1. The van der Waals surface area contributed by atoms with E-state index in [2.05, 4.69) is 10.3 Å². The summed E-state index contributed by atoms with van der Waals surface area (Å²) in [5.41, 5.74) is 4.14. The second kappa shape index (κ2) is 9.09. The number of aromatic nitrogens is 1. The molecule has 0 saturated carbocycles. The summed E-state index contributed by atoms with van der Waals surface area (Å²) in [5, 5.41) is 2.79. The maximum Gasteiger partial charge on any atom is 0.264 e. The monoisotopic (exact) mass is 423 g/mol. The highest BCUT2D eigenvalue weighted by atomic mass is 32.2. The number of amides is 1. The van der Waals surface area contributed by atoms with Gasteiger partial charge in [-0.15, -0.1) is 0 Å². The molecule has 1 aromatic heterocycles. The minimum absolute atomic E-state index is 0.148. The van der Waals surface area contributed by atoms with E-state index in [0.29, 0.717) is 12.2 Å². The van der Waals surface area contributed by atoms with Gasteiger partial charge in [0.25, 0.3) is 10.0 Å². The summed E-state index contributed by atoms with van der Waals surface area (Å²) in [5.74, 6) is -0.387. The standard InChI is InChI=1S/C23H25N3O3S/c1-17-4-7-21(8-5-17)30(28,29)26(22-9-6-18(2)14-19(22)3)16-23(27)25-15-20-10-12-24-13-11-20/h4-14H,15-16H2,1-3H3,(H,25,27). The zero-order valence-electron chi connectivity index (χ0n) is 17.3. The lowest BCUT2D eigenvalue weighted by atomic mass is 10.1. The first kappa shape index (κ1) is 21.5. The van der Waals surface area contributed by atoms with Gasteiger partial charge in [-0.1, -0.05) is 35.4 Å². The molecule has 0 unspecified atom stereocenters. The topological polar surface area (TPSA) is 79.4 Å². The highest BCUT2D eigenvalue weighted by Gasteiger charge is 2.28. The SMILES string of the molecule is Cc1ccc(S(=O)(=O)N(CC(=O)NCc2ccncc2)c2ccc(C)cc2C)cc1. The molecule has 0 saturated heterocycles. The molecule has 1 amide bonds. The Morgan fingerprint density at radius 1 is 0.933 bits per heavy atom. The Morgan fingerprint density at radius 3 is 2.20 bits per heavy atom. The minimum Gasteiger partial charge on any atom is -0.350 e. The van der Waals surface area contributed by atoms with Crippen LogP contribution >= 0.6 is 0 Å². The van der Waals surface area contributed by atoms with Crippen LogP contribution in [0.3, 0.4) is 0 Å². The van der Waals surface area contributed by atoms with Gasteiger partial charge in [-0.25, -0.2) is 8.42 Å². The number of aryl methyl sites for hydroxylation is 3. The normalized spacial score (nSPS) is 11.2. The van der Waals surface area contributed by atoms with Gasteiger partial charge in [0.05, 0.1) is 10.6 Å². The van der Waals surface area contributed by atoms with Crippen molar-refractivity contribution < 1.29 is 13.2 Å². The number of nitrogens with one attached hydrogen (secondary N) is 1. The van der Waals surface area contributed by atoms with Crippen molar-refractivity contribution in [1.82, 2.24) is 10.3 Å². The number of benzene rings is 2. The Labute approximate surface area is 177 Å². The van der Waals surface area contributed by atoms with Gasteiger partial charge in [0.15, 0.2) is 0 Å². The first-order valence-corrected chi connectivity index (χ1v) is 11.0. The number of anilines is 1. The van der Waals surface area contributed by atoms with E-state index in [9.17, 15) is 13.2 Å². The van der Waals surface area contributed by atoms with E-state index in [0.717, 1.165) is 22.3 Å². The molecule has 0 spiro atoms. The Bertz CT molecular complexity index is 1130. The lowest BCUT2D eigenvalue weighted by Crippen LogP contribution is -2.41. The maximum absolute atomic E-state index is 13.4. The molecular formula is C23H25N3O3S. The van der Waals surface area contributed by atoms with E-state index in [1.807, 2.05) is 32.9 Å². The number of carbonyl (C=O) groups excluding carboxylic acids is 1. The Hall–Kier alpha value is -3.19. The lowest BCUT2D eigenvalue weighted by Gasteiger charge is -2.26. The molecule has 2 aromatic carbocycles. The van der Waals surface area contributed by atoms with E-state index in [1.165, 1.54) is 4.31 Å². The molecule has 0 bridgehead atoms. The van der Waals surface area contributed by atoms with Gasteiger partial charge < -0.3 is 5.32 Å². The van der Waals surface area contributed by atoms with Crippen molar-refractivity contribution in [3.8, 4) is 0 Å². The van der Waals surface area contributed by atoms with Crippen LogP contribution in [0.15, 0.2) is 71.9 Å². The molecule has 0 atom stereocenters. The van der Waals surface area contributed by atoms with Crippen molar-refractivity contribution in [3.05, 3.63) is 89.2 Å². The molecule has 3 aromatic rings. The van der Waals surface area contributed by atoms with E-state index in [4.69, 9.17) is 0 Å². The first-order valence-electron chi connectivity index (χ1n) is 9.59. The van der Waals surface area contributed by atoms with Crippen LogP contribution in [0.4, 0.5) is 5.69 Å². The van der Waals surface area contributed by atoms with Gasteiger partial charge in [-0.2, -0.15) is 0 Å². The third kappa shape index (κ3) is 5.04. The number of rotatable bonds is 7. The lowest BCUT2D eigenvalue weighted by molar-refractivity contribution is -0.119. The van der Waals surface area contributed by atoms with Gasteiger partial charge >= 0.3 is 0 Å². The summed E-state index contributed by atoms with van der Waals surface area (Å²) in [6, 6.07) is 15.7. The summed E-state index contributed by atoms with van der Waals surface area (Å²) >= 11 is 0. The summed E-state index contributed by atoms with van der Waals surface area (Å²) in [4.78, 5) is 16.8. The quantitative estimate of drug-likeness (QED) is 0.631. The first-order chi connectivity index (χ1) is 14.3. The van der Waals surface area contributed by atoms with Crippen LogP contribution in [0.1, 0.15) is 22.3 Å². The van der Waals surface area contributed by atoms with Crippen molar-refractivity contribution in [2.24, 2.45) is 0 Å². The van der Waals surface area contributed by atoms with E-state index in [1.54, 1.807) is 54.9 Å². The van der Waals surface area contributed by atoms with Crippen molar-refractivity contribution in [3.63, 3.8) is 0 Å². The van der Waals surface area contributed by atoms with E-state index >= 15 is 0 Å². The predicted octanol–water partition coefficient (Wildman–Crippen LogP) is 3.52. The molecule has 7 heteroatoms. The molecule has 6 nitrogen and oxygen atoms in total. The van der Waals surface area contributed by atoms with Crippen LogP contribution in [-0.4, -0.2) is 25.9 Å². The minimum atomic E-state index is -3.92. The number of pyridine rings is 1. The molecule has 0 aliphatic carbocycles. The van der Waals surface area contributed by atoms with Crippen molar-refractivity contribution in [2.75, 3.05) is 10.8 Å². The van der Waals surface area contributed by atoms with Gasteiger partial charge in [-0.3, -0.25) is 14.1 Å². The maximum atomic E-state index is 13.4. The summed E-state index contributed by atoms with van der Waals surface area (Å²) in [6.45, 7) is 5.66. The van der Waals surface area contributed by atoms with Gasteiger partial charge in [0.2, 0.25) is 5.91 Å². The zero-order chi connectivity index (χ0) is 21.7. The molecule has 156 valence electrons. The summed E-state index contributed by atoms with van der Waals surface area (Å²) in [6.07, 6.45) is 3.29. The van der Waals surface area contributed by atoms with Crippen LogP contribution in [0, 0.1) is 20.8 Å².